The summed E-state index contributed by atoms with van der Waals surface area (Å²) >= 11 is 6.15. The molecule has 5 heteroatoms. The van der Waals surface area contributed by atoms with Crippen LogP contribution in [0.3, 0.4) is 0 Å². The maximum atomic E-state index is 12.9. The predicted molar refractivity (Wildman–Crippen MR) is 120 cm³/mol. The molecule has 0 radical (unpaired) electrons. The molecule has 1 aromatic heterocycles. The number of furan rings is 1. The highest BCUT2D eigenvalue weighted by Crippen LogP contribution is 2.33. The van der Waals surface area contributed by atoms with Crippen LogP contribution in [0, 0.1) is 0 Å². The monoisotopic (exact) mass is 413 g/mol. The Labute approximate surface area is 177 Å². The van der Waals surface area contributed by atoms with Crippen molar-refractivity contribution in [1.29, 1.82) is 0 Å². The van der Waals surface area contributed by atoms with E-state index in [0.29, 0.717) is 27.8 Å². The lowest BCUT2D eigenvalue weighted by atomic mass is 10.1. The van der Waals surface area contributed by atoms with Gasteiger partial charge in [0.15, 0.2) is 11.5 Å². The van der Waals surface area contributed by atoms with Gasteiger partial charge in [0.2, 0.25) is 0 Å². The number of hydrogen-bond donors (Lipinski definition) is 1. The zero-order chi connectivity index (χ0) is 20.5. The normalized spacial score (nSPS) is 11.0. The van der Waals surface area contributed by atoms with E-state index < -0.39 is 0 Å². The molecule has 0 bridgehead atoms. The first-order valence-electron chi connectivity index (χ1n) is 9.42. The molecule has 30 heavy (non-hydrogen) atoms. The van der Waals surface area contributed by atoms with Crippen molar-refractivity contribution in [3.63, 3.8) is 0 Å². The minimum absolute atomic E-state index is 0.215. The molecule has 0 spiro atoms. The lowest BCUT2D eigenvalue weighted by molar-refractivity contribution is 0.0998. The van der Waals surface area contributed by atoms with Crippen LogP contribution in [-0.2, 0) is 0 Å². The third-order valence-electron chi connectivity index (χ3n) is 4.81. The maximum Gasteiger partial charge on any atom is 0.291 e. The van der Waals surface area contributed by atoms with Crippen molar-refractivity contribution in [3.8, 4) is 11.5 Å². The summed E-state index contributed by atoms with van der Waals surface area (Å²) in [5.74, 6) is 0.980. The SMILES string of the molecule is O=C(Nc1cc(Cl)ccc1Oc1ccccc1)c1cc2c(ccc3ccccc32)o1. The molecule has 1 amide bonds. The Morgan fingerprint density at radius 2 is 1.63 bits per heavy atom. The van der Waals surface area contributed by atoms with Gasteiger partial charge in [-0.1, -0.05) is 60.1 Å². The minimum Gasteiger partial charge on any atom is -0.455 e. The summed E-state index contributed by atoms with van der Waals surface area (Å²) < 4.78 is 11.7. The van der Waals surface area contributed by atoms with E-state index >= 15 is 0 Å². The van der Waals surface area contributed by atoms with Crippen LogP contribution in [-0.4, -0.2) is 5.91 Å². The molecular formula is C25H16ClNO3. The van der Waals surface area contributed by atoms with Crippen LogP contribution in [0.25, 0.3) is 21.7 Å². The van der Waals surface area contributed by atoms with Gasteiger partial charge >= 0.3 is 0 Å². The molecule has 0 saturated carbocycles. The standard InChI is InChI=1S/C25H16ClNO3/c26-17-11-13-23(29-18-7-2-1-3-8-18)21(14-17)27-25(28)24-15-20-19-9-5-4-6-16(19)10-12-22(20)30-24/h1-15H,(H,27,28). The summed E-state index contributed by atoms with van der Waals surface area (Å²) in [6.45, 7) is 0. The van der Waals surface area contributed by atoms with Gasteiger partial charge in [-0.2, -0.15) is 0 Å². The van der Waals surface area contributed by atoms with Crippen molar-refractivity contribution in [2.24, 2.45) is 0 Å². The zero-order valence-electron chi connectivity index (χ0n) is 15.8. The number of halogens is 1. The van der Waals surface area contributed by atoms with Gasteiger partial charge in [0.25, 0.3) is 5.91 Å². The number of ether oxygens (including phenoxy) is 1. The number of carbonyl (C=O) groups is 1. The van der Waals surface area contributed by atoms with E-state index in [4.69, 9.17) is 20.8 Å². The summed E-state index contributed by atoms with van der Waals surface area (Å²) in [5, 5.41) is 6.36. The van der Waals surface area contributed by atoms with E-state index in [1.165, 1.54) is 0 Å². The Morgan fingerprint density at radius 3 is 2.50 bits per heavy atom. The van der Waals surface area contributed by atoms with Gasteiger partial charge in [0, 0.05) is 10.4 Å². The third-order valence-corrected chi connectivity index (χ3v) is 5.05. The Morgan fingerprint density at radius 1 is 0.833 bits per heavy atom. The molecule has 0 saturated heterocycles. The number of fused-ring (bicyclic) bond motifs is 3. The number of nitrogens with one attached hydrogen (secondary N) is 1. The Hall–Kier alpha value is -3.76. The van der Waals surface area contributed by atoms with Gasteiger partial charge in [0.05, 0.1) is 5.69 Å². The summed E-state index contributed by atoms with van der Waals surface area (Å²) in [6.07, 6.45) is 0. The van der Waals surface area contributed by atoms with E-state index in [0.717, 1.165) is 16.2 Å². The molecule has 0 unspecified atom stereocenters. The number of benzene rings is 4. The van der Waals surface area contributed by atoms with Crippen LogP contribution < -0.4 is 10.1 Å². The molecule has 0 atom stereocenters. The quantitative estimate of drug-likeness (QED) is 0.336. The van der Waals surface area contributed by atoms with Crippen LogP contribution in [0.15, 0.2) is 95.4 Å². The van der Waals surface area contributed by atoms with E-state index in [2.05, 4.69) is 5.32 Å². The molecular weight excluding hydrogens is 398 g/mol. The van der Waals surface area contributed by atoms with E-state index in [1.54, 1.807) is 24.3 Å². The molecule has 146 valence electrons. The van der Waals surface area contributed by atoms with Crippen molar-refractivity contribution in [2.45, 2.75) is 0 Å². The van der Waals surface area contributed by atoms with Crippen LogP contribution in [0.5, 0.6) is 11.5 Å². The number of anilines is 1. The van der Waals surface area contributed by atoms with Crippen LogP contribution >= 0.6 is 11.6 Å². The van der Waals surface area contributed by atoms with Gasteiger partial charge in [-0.3, -0.25) is 4.79 Å². The van der Waals surface area contributed by atoms with Crippen molar-refractivity contribution in [1.82, 2.24) is 0 Å². The fourth-order valence-electron chi connectivity index (χ4n) is 3.39. The lowest BCUT2D eigenvalue weighted by Crippen LogP contribution is -2.11. The largest absolute Gasteiger partial charge is 0.455 e. The molecule has 0 aliphatic heterocycles. The predicted octanol–water partition coefficient (Wildman–Crippen LogP) is 7.28. The average molecular weight is 414 g/mol. The molecule has 1 N–H and O–H groups in total. The highest BCUT2D eigenvalue weighted by Gasteiger charge is 2.16. The van der Waals surface area contributed by atoms with Gasteiger partial charge in [-0.15, -0.1) is 0 Å². The number of carbonyl (C=O) groups excluding carboxylic acids is 1. The third kappa shape index (κ3) is 3.49. The van der Waals surface area contributed by atoms with Gasteiger partial charge < -0.3 is 14.5 Å². The van der Waals surface area contributed by atoms with Crippen LogP contribution in [0.2, 0.25) is 5.02 Å². The first-order chi connectivity index (χ1) is 14.7. The van der Waals surface area contributed by atoms with Crippen molar-refractivity contribution in [2.75, 3.05) is 5.32 Å². The molecule has 5 aromatic rings. The highest BCUT2D eigenvalue weighted by molar-refractivity contribution is 6.31. The molecule has 5 rings (SSSR count). The topological polar surface area (TPSA) is 51.5 Å². The molecule has 0 aliphatic rings. The highest BCUT2D eigenvalue weighted by atomic mass is 35.5. The van der Waals surface area contributed by atoms with Crippen molar-refractivity contribution >= 4 is 44.9 Å². The molecule has 0 fully saturated rings. The van der Waals surface area contributed by atoms with Crippen molar-refractivity contribution < 1.29 is 13.9 Å². The van der Waals surface area contributed by atoms with E-state index in [9.17, 15) is 4.79 Å². The molecule has 4 nitrogen and oxygen atoms in total. The fourth-order valence-corrected chi connectivity index (χ4v) is 3.56. The van der Waals surface area contributed by atoms with Crippen LogP contribution in [0.1, 0.15) is 10.6 Å². The van der Waals surface area contributed by atoms with Gasteiger partial charge in [-0.25, -0.2) is 0 Å². The molecule has 4 aromatic carbocycles. The maximum absolute atomic E-state index is 12.9. The molecule has 0 aliphatic carbocycles. The first-order valence-corrected chi connectivity index (χ1v) is 9.80. The lowest BCUT2D eigenvalue weighted by Gasteiger charge is -2.12. The zero-order valence-corrected chi connectivity index (χ0v) is 16.5. The smallest absolute Gasteiger partial charge is 0.291 e. The van der Waals surface area contributed by atoms with Crippen molar-refractivity contribution in [3.05, 3.63) is 102 Å². The number of para-hydroxylation sites is 1. The minimum atomic E-state index is -0.379. The second-order valence-corrected chi connectivity index (χ2v) is 7.26. The van der Waals surface area contributed by atoms with Crippen LogP contribution in [0.4, 0.5) is 5.69 Å². The average Bonchev–Trinajstić information content (AvgIpc) is 3.22. The fraction of sp³-hybridized carbons (Fsp3) is 0. The van der Waals surface area contributed by atoms with Gasteiger partial charge in [-0.05, 0) is 53.2 Å². The summed E-state index contributed by atoms with van der Waals surface area (Å²) in [5.41, 5.74) is 1.12. The summed E-state index contributed by atoms with van der Waals surface area (Å²) in [6, 6.07) is 28.0. The Bertz CT molecular complexity index is 1380. The van der Waals surface area contributed by atoms with Gasteiger partial charge in [0.1, 0.15) is 11.3 Å². The molecule has 1 heterocycles. The van der Waals surface area contributed by atoms with E-state index in [1.807, 2.05) is 66.7 Å². The van der Waals surface area contributed by atoms with E-state index in [-0.39, 0.29) is 11.7 Å². The second-order valence-electron chi connectivity index (χ2n) is 6.82. The number of rotatable bonds is 4. The Balaban J connectivity index is 1.48. The number of hydrogen-bond acceptors (Lipinski definition) is 3. The Kier molecular flexibility index (Phi) is 4.62. The second kappa shape index (κ2) is 7.58. The first kappa shape index (κ1) is 18.3. The number of amides is 1. The summed E-state index contributed by atoms with van der Waals surface area (Å²) in [7, 11) is 0. The summed E-state index contributed by atoms with van der Waals surface area (Å²) in [4.78, 5) is 12.9.